The molecular weight excluding hydrogens is 332 g/mol. The van der Waals surface area contributed by atoms with Crippen molar-refractivity contribution in [1.82, 2.24) is 9.55 Å². The number of thioether (sulfide) groups is 1. The SMILES string of the molecule is CCSc1nc2ccccc2n1Cc1ccccc1Br. The first-order valence-electron chi connectivity index (χ1n) is 6.61. The fourth-order valence-electron chi connectivity index (χ4n) is 2.24. The lowest BCUT2D eigenvalue weighted by atomic mass is 10.2. The number of halogens is 1. The van der Waals surface area contributed by atoms with Gasteiger partial charge in [-0.05, 0) is 29.5 Å². The zero-order valence-corrected chi connectivity index (χ0v) is 13.6. The van der Waals surface area contributed by atoms with Crippen molar-refractivity contribution in [3.63, 3.8) is 0 Å². The van der Waals surface area contributed by atoms with Crippen molar-refractivity contribution in [1.29, 1.82) is 0 Å². The lowest BCUT2D eigenvalue weighted by Crippen LogP contribution is -2.02. The summed E-state index contributed by atoms with van der Waals surface area (Å²) in [4.78, 5) is 4.74. The summed E-state index contributed by atoms with van der Waals surface area (Å²) in [5, 5.41) is 1.09. The highest BCUT2D eigenvalue weighted by molar-refractivity contribution is 9.10. The van der Waals surface area contributed by atoms with E-state index in [4.69, 9.17) is 4.98 Å². The molecule has 2 aromatic carbocycles. The van der Waals surface area contributed by atoms with Gasteiger partial charge in [0.1, 0.15) is 0 Å². The molecule has 0 unspecified atom stereocenters. The van der Waals surface area contributed by atoms with E-state index in [2.05, 4.69) is 63.8 Å². The summed E-state index contributed by atoms with van der Waals surface area (Å²) in [5.41, 5.74) is 3.53. The average Bonchev–Trinajstić information content (AvgIpc) is 2.80. The fourth-order valence-corrected chi connectivity index (χ4v) is 3.39. The van der Waals surface area contributed by atoms with Gasteiger partial charge in [-0.2, -0.15) is 0 Å². The molecular formula is C16H15BrN2S. The van der Waals surface area contributed by atoms with Gasteiger partial charge in [0.05, 0.1) is 17.6 Å². The summed E-state index contributed by atoms with van der Waals surface area (Å²) in [6.07, 6.45) is 0. The number of para-hydroxylation sites is 2. The monoisotopic (exact) mass is 346 g/mol. The minimum atomic E-state index is 0.838. The van der Waals surface area contributed by atoms with Crippen LogP contribution in [0.5, 0.6) is 0 Å². The second-order valence-corrected chi connectivity index (χ2v) is 6.58. The molecule has 102 valence electrons. The molecule has 0 aliphatic rings. The molecule has 0 aliphatic carbocycles. The predicted octanol–water partition coefficient (Wildman–Crippen LogP) is 4.96. The van der Waals surface area contributed by atoms with Gasteiger partial charge in [0.25, 0.3) is 0 Å². The third kappa shape index (κ3) is 2.63. The van der Waals surface area contributed by atoms with Crippen molar-refractivity contribution in [2.24, 2.45) is 0 Å². The zero-order valence-electron chi connectivity index (χ0n) is 11.2. The summed E-state index contributed by atoms with van der Waals surface area (Å²) in [6, 6.07) is 16.7. The molecule has 0 radical (unpaired) electrons. The zero-order chi connectivity index (χ0) is 13.9. The summed E-state index contributed by atoms with van der Waals surface area (Å²) >= 11 is 5.42. The Bertz CT molecular complexity index is 736. The Morgan fingerprint density at radius 2 is 1.85 bits per heavy atom. The first-order chi connectivity index (χ1) is 9.79. The lowest BCUT2D eigenvalue weighted by molar-refractivity contribution is 0.729. The Morgan fingerprint density at radius 3 is 2.65 bits per heavy atom. The van der Waals surface area contributed by atoms with E-state index >= 15 is 0 Å². The van der Waals surface area contributed by atoms with Crippen molar-refractivity contribution >= 4 is 38.7 Å². The smallest absolute Gasteiger partial charge is 0.169 e. The number of fused-ring (bicyclic) bond motifs is 1. The van der Waals surface area contributed by atoms with E-state index in [0.717, 1.165) is 27.4 Å². The van der Waals surface area contributed by atoms with Gasteiger partial charge < -0.3 is 4.57 Å². The second kappa shape index (κ2) is 6.02. The third-order valence-corrected chi connectivity index (χ3v) is 4.81. The molecule has 3 rings (SSSR count). The summed E-state index contributed by atoms with van der Waals surface area (Å²) in [7, 11) is 0. The van der Waals surface area contributed by atoms with Crippen LogP contribution >= 0.6 is 27.7 Å². The first-order valence-corrected chi connectivity index (χ1v) is 8.39. The van der Waals surface area contributed by atoms with Gasteiger partial charge in [0.15, 0.2) is 5.16 Å². The third-order valence-electron chi connectivity index (χ3n) is 3.18. The number of benzene rings is 2. The summed E-state index contributed by atoms with van der Waals surface area (Å²) in [6.45, 7) is 3.00. The van der Waals surface area contributed by atoms with Gasteiger partial charge in [-0.15, -0.1) is 0 Å². The minimum absolute atomic E-state index is 0.838. The van der Waals surface area contributed by atoms with E-state index in [0.29, 0.717) is 0 Å². The average molecular weight is 347 g/mol. The number of aromatic nitrogens is 2. The van der Waals surface area contributed by atoms with Crippen molar-refractivity contribution < 1.29 is 0 Å². The largest absolute Gasteiger partial charge is 0.314 e. The molecule has 0 atom stereocenters. The maximum Gasteiger partial charge on any atom is 0.169 e. The number of hydrogen-bond donors (Lipinski definition) is 0. The topological polar surface area (TPSA) is 17.8 Å². The maximum absolute atomic E-state index is 4.74. The van der Waals surface area contributed by atoms with E-state index in [1.165, 1.54) is 11.1 Å². The fraction of sp³-hybridized carbons (Fsp3) is 0.188. The van der Waals surface area contributed by atoms with Gasteiger partial charge in [0, 0.05) is 4.47 Å². The molecule has 3 aromatic rings. The lowest BCUT2D eigenvalue weighted by Gasteiger charge is -2.10. The van der Waals surface area contributed by atoms with Crippen LogP contribution in [0.1, 0.15) is 12.5 Å². The normalized spacial score (nSPS) is 11.1. The Morgan fingerprint density at radius 1 is 1.10 bits per heavy atom. The van der Waals surface area contributed by atoms with Gasteiger partial charge in [-0.3, -0.25) is 0 Å². The number of rotatable bonds is 4. The molecule has 0 amide bonds. The summed E-state index contributed by atoms with van der Waals surface area (Å²) < 4.78 is 3.44. The first kappa shape index (κ1) is 13.7. The molecule has 1 aromatic heterocycles. The van der Waals surface area contributed by atoms with Crippen LogP contribution < -0.4 is 0 Å². The molecule has 2 nitrogen and oxygen atoms in total. The number of imidazole rings is 1. The van der Waals surface area contributed by atoms with Gasteiger partial charge in [-0.1, -0.05) is 64.9 Å². The standard InChI is InChI=1S/C16H15BrN2S/c1-2-20-16-18-14-9-5-6-10-15(14)19(16)11-12-7-3-4-8-13(12)17/h3-10H,2,11H2,1H3. The molecule has 0 saturated heterocycles. The molecule has 0 bridgehead atoms. The van der Waals surface area contributed by atoms with Gasteiger partial charge >= 0.3 is 0 Å². The molecule has 20 heavy (non-hydrogen) atoms. The van der Waals surface area contributed by atoms with Crippen LogP contribution in [0.3, 0.4) is 0 Å². The highest BCUT2D eigenvalue weighted by atomic mass is 79.9. The Balaban J connectivity index is 2.09. The predicted molar refractivity (Wildman–Crippen MR) is 89.4 cm³/mol. The molecule has 0 spiro atoms. The van der Waals surface area contributed by atoms with Crippen molar-refractivity contribution in [3.05, 3.63) is 58.6 Å². The Labute approximate surface area is 131 Å². The van der Waals surface area contributed by atoms with E-state index in [1.54, 1.807) is 11.8 Å². The van der Waals surface area contributed by atoms with Gasteiger partial charge in [0.2, 0.25) is 0 Å². The minimum Gasteiger partial charge on any atom is -0.314 e. The second-order valence-electron chi connectivity index (χ2n) is 4.49. The summed E-state index contributed by atoms with van der Waals surface area (Å²) in [5.74, 6) is 1.03. The maximum atomic E-state index is 4.74. The van der Waals surface area contributed by atoms with Crippen molar-refractivity contribution in [2.75, 3.05) is 5.75 Å². The van der Waals surface area contributed by atoms with Crippen molar-refractivity contribution in [3.8, 4) is 0 Å². The van der Waals surface area contributed by atoms with Crippen LogP contribution in [0.15, 0.2) is 58.2 Å². The molecule has 0 fully saturated rings. The molecule has 1 heterocycles. The van der Waals surface area contributed by atoms with Crippen LogP contribution in [0, 0.1) is 0 Å². The van der Waals surface area contributed by atoms with E-state index in [1.807, 2.05) is 12.1 Å². The molecule has 0 N–H and O–H groups in total. The van der Waals surface area contributed by atoms with E-state index in [-0.39, 0.29) is 0 Å². The van der Waals surface area contributed by atoms with Gasteiger partial charge in [-0.25, -0.2) is 4.98 Å². The molecule has 0 saturated carbocycles. The van der Waals surface area contributed by atoms with E-state index < -0.39 is 0 Å². The molecule has 4 heteroatoms. The quantitative estimate of drug-likeness (QED) is 0.621. The van der Waals surface area contributed by atoms with Crippen LogP contribution in [0.4, 0.5) is 0 Å². The van der Waals surface area contributed by atoms with E-state index in [9.17, 15) is 0 Å². The van der Waals surface area contributed by atoms with Crippen LogP contribution in [0.25, 0.3) is 11.0 Å². The van der Waals surface area contributed by atoms with Crippen LogP contribution in [-0.2, 0) is 6.54 Å². The highest BCUT2D eigenvalue weighted by Crippen LogP contribution is 2.26. The number of nitrogens with zero attached hydrogens (tertiary/aromatic N) is 2. The van der Waals surface area contributed by atoms with Crippen LogP contribution in [0.2, 0.25) is 0 Å². The number of hydrogen-bond acceptors (Lipinski definition) is 2. The van der Waals surface area contributed by atoms with Crippen molar-refractivity contribution in [2.45, 2.75) is 18.6 Å². The van der Waals surface area contributed by atoms with Crippen LogP contribution in [-0.4, -0.2) is 15.3 Å². The molecule has 0 aliphatic heterocycles. The highest BCUT2D eigenvalue weighted by Gasteiger charge is 2.11. The Kier molecular flexibility index (Phi) is 4.13. The Hall–Kier alpha value is -1.26.